The number of nitrogens with one attached hydrogen (secondary N) is 1. The van der Waals surface area contributed by atoms with Gasteiger partial charge in [-0.2, -0.15) is 0 Å². The molecule has 0 unspecified atom stereocenters. The number of hydrogen-bond donors (Lipinski definition) is 1. The lowest BCUT2D eigenvalue weighted by Gasteiger charge is -2.14. The lowest BCUT2D eigenvalue weighted by molar-refractivity contribution is 0.0601. The first-order valence-electron chi connectivity index (χ1n) is 7.15. The van der Waals surface area contributed by atoms with Crippen molar-refractivity contribution in [1.82, 2.24) is 0 Å². The molecule has 7 heteroatoms. The Balaban J connectivity index is 2.39. The van der Waals surface area contributed by atoms with Crippen molar-refractivity contribution in [3.63, 3.8) is 0 Å². The van der Waals surface area contributed by atoms with E-state index in [1.165, 1.54) is 26.4 Å². The topological polar surface area (TPSA) is 81.7 Å². The van der Waals surface area contributed by atoms with Crippen molar-refractivity contribution >= 4 is 21.7 Å². The zero-order valence-corrected chi connectivity index (χ0v) is 14.7. The molecular weight excluding hydrogens is 330 g/mol. The molecule has 0 radical (unpaired) electrons. The van der Waals surface area contributed by atoms with Gasteiger partial charge in [-0.1, -0.05) is 6.07 Å². The average Bonchev–Trinajstić information content (AvgIpc) is 2.56. The summed E-state index contributed by atoms with van der Waals surface area (Å²) in [7, 11) is -0.998. The molecule has 2 rings (SSSR count). The van der Waals surface area contributed by atoms with Crippen LogP contribution in [0.5, 0.6) is 5.75 Å². The molecule has 2 aromatic carbocycles. The highest BCUT2D eigenvalue weighted by Crippen LogP contribution is 2.28. The van der Waals surface area contributed by atoms with E-state index in [2.05, 4.69) is 9.46 Å². The van der Waals surface area contributed by atoms with Crippen LogP contribution in [0.15, 0.2) is 41.3 Å². The van der Waals surface area contributed by atoms with Crippen LogP contribution in [0.4, 0.5) is 5.69 Å². The van der Waals surface area contributed by atoms with Crippen molar-refractivity contribution in [2.75, 3.05) is 18.9 Å². The molecule has 0 amide bonds. The van der Waals surface area contributed by atoms with Crippen LogP contribution in [0.2, 0.25) is 0 Å². The van der Waals surface area contributed by atoms with Gasteiger partial charge in [0.05, 0.1) is 24.7 Å². The van der Waals surface area contributed by atoms with Gasteiger partial charge in [0.2, 0.25) is 0 Å². The first kappa shape index (κ1) is 17.8. The van der Waals surface area contributed by atoms with Crippen molar-refractivity contribution in [2.45, 2.75) is 18.7 Å². The zero-order valence-electron chi connectivity index (χ0n) is 13.9. The van der Waals surface area contributed by atoms with Gasteiger partial charge in [0.25, 0.3) is 10.0 Å². The Morgan fingerprint density at radius 3 is 2.38 bits per heavy atom. The average molecular weight is 349 g/mol. The molecule has 0 aromatic heterocycles. The van der Waals surface area contributed by atoms with Crippen molar-refractivity contribution in [3.8, 4) is 5.75 Å². The Labute approximate surface area is 141 Å². The lowest BCUT2D eigenvalue weighted by Crippen LogP contribution is -2.15. The summed E-state index contributed by atoms with van der Waals surface area (Å²) < 4.78 is 37.6. The number of esters is 1. The maximum atomic E-state index is 12.7. The Hall–Kier alpha value is -2.54. The fraction of sp³-hybridized carbons (Fsp3) is 0.235. The molecule has 0 aliphatic heterocycles. The standard InChI is InChI=1S/C17H19NO5S/c1-11-12(2)16(9-8-15(11)22-3)24(20,21)18-14-7-5-6-13(10-14)17(19)23-4/h5-10,18H,1-4H3. The van der Waals surface area contributed by atoms with Crippen LogP contribution in [0.25, 0.3) is 0 Å². The summed E-state index contributed by atoms with van der Waals surface area (Å²) in [6.07, 6.45) is 0. The van der Waals surface area contributed by atoms with Gasteiger partial charge < -0.3 is 9.47 Å². The summed E-state index contributed by atoms with van der Waals surface area (Å²) in [5.74, 6) is 0.0895. The monoisotopic (exact) mass is 349 g/mol. The predicted molar refractivity (Wildman–Crippen MR) is 91.1 cm³/mol. The molecule has 0 aliphatic rings. The third kappa shape index (κ3) is 3.51. The van der Waals surface area contributed by atoms with E-state index >= 15 is 0 Å². The van der Waals surface area contributed by atoms with Crippen LogP contribution in [0.1, 0.15) is 21.5 Å². The molecule has 1 N–H and O–H groups in total. The van der Waals surface area contributed by atoms with Gasteiger partial charge in [0.1, 0.15) is 5.75 Å². The lowest BCUT2D eigenvalue weighted by atomic mass is 10.1. The van der Waals surface area contributed by atoms with Gasteiger partial charge in [0.15, 0.2) is 0 Å². The molecule has 24 heavy (non-hydrogen) atoms. The number of carbonyl (C=O) groups is 1. The molecule has 0 aliphatic carbocycles. The van der Waals surface area contributed by atoms with E-state index in [-0.39, 0.29) is 16.1 Å². The second kappa shape index (κ2) is 6.92. The highest BCUT2D eigenvalue weighted by molar-refractivity contribution is 7.92. The molecule has 0 atom stereocenters. The first-order valence-corrected chi connectivity index (χ1v) is 8.64. The van der Waals surface area contributed by atoms with Gasteiger partial charge in [-0.3, -0.25) is 4.72 Å². The number of carbonyl (C=O) groups excluding carboxylic acids is 1. The van der Waals surface area contributed by atoms with Gasteiger partial charge in [-0.15, -0.1) is 0 Å². The fourth-order valence-electron chi connectivity index (χ4n) is 2.32. The predicted octanol–water partition coefficient (Wildman–Crippen LogP) is 2.90. The number of anilines is 1. The number of methoxy groups -OCH3 is 2. The van der Waals surface area contributed by atoms with Crippen LogP contribution in [0.3, 0.4) is 0 Å². The Bertz CT molecular complexity index is 875. The molecule has 0 saturated heterocycles. The van der Waals surface area contributed by atoms with Gasteiger partial charge in [-0.25, -0.2) is 13.2 Å². The van der Waals surface area contributed by atoms with Gasteiger partial charge >= 0.3 is 5.97 Å². The molecule has 0 heterocycles. The number of benzene rings is 2. The van der Waals surface area contributed by atoms with Crippen molar-refractivity contribution in [3.05, 3.63) is 53.1 Å². The maximum Gasteiger partial charge on any atom is 0.337 e. The summed E-state index contributed by atoms with van der Waals surface area (Å²) in [4.78, 5) is 11.7. The van der Waals surface area contributed by atoms with Gasteiger partial charge in [-0.05, 0) is 55.3 Å². The van der Waals surface area contributed by atoms with E-state index in [0.29, 0.717) is 11.3 Å². The zero-order chi connectivity index (χ0) is 17.9. The minimum Gasteiger partial charge on any atom is -0.496 e. The highest BCUT2D eigenvalue weighted by atomic mass is 32.2. The molecule has 128 valence electrons. The summed E-state index contributed by atoms with van der Waals surface area (Å²) >= 11 is 0. The molecule has 0 spiro atoms. The van der Waals surface area contributed by atoms with Crippen LogP contribution < -0.4 is 9.46 Å². The summed E-state index contributed by atoms with van der Waals surface area (Å²) in [5, 5.41) is 0. The molecular formula is C17H19NO5S. The largest absolute Gasteiger partial charge is 0.496 e. The summed E-state index contributed by atoms with van der Waals surface area (Å²) in [6, 6.07) is 9.23. The molecule has 0 saturated carbocycles. The summed E-state index contributed by atoms with van der Waals surface area (Å²) in [6.45, 7) is 3.52. The molecule has 6 nitrogen and oxygen atoms in total. The molecule has 2 aromatic rings. The Morgan fingerprint density at radius 2 is 1.75 bits per heavy atom. The second-order valence-electron chi connectivity index (χ2n) is 5.19. The van der Waals surface area contributed by atoms with Crippen molar-refractivity contribution < 1.29 is 22.7 Å². The van der Waals surface area contributed by atoms with Crippen LogP contribution >= 0.6 is 0 Å². The second-order valence-corrected chi connectivity index (χ2v) is 6.84. The van der Waals surface area contributed by atoms with Crippen LogP contribution in [0, 0.1) is 13.8 Å². The molecule has 0 fully saturated rings. The van der Waals surface area contributed by atoms with Gasteiger partial charge in [0, 0.05) is 5.69 Å². The van der Waals surface area contributed by atoms with Crippen molar-refractivity contribution in [1.29, 1.82) is 0 Å². The van der Waals surface area contributed by atoms with E-state index in [1.807, 2.05) is 0 Å². The Kier molecular flexibility index (Phi) is 5.14. The number of ether oxygens (including phenoxy) is 2. The van der Waals surface area contributed by atoms with E-state index in [4.69, 9.17) is 4.74 Å². The fourth-order valence-corrected chi connectivity index (χ4v) is 3.67. The smallest absolute Gasteiger partial charge is 0.337 e. The Morgan fingerprint density at radius 1 is 1.04 bits per heavy atom. The third-order valence-corrected chi connectivity index (χ3v) is 5.26. The quantitative estimate of drug-likeness (QED) is 0.840. The van der Waals surface area contributed by atoms with Crippen molar-refractivity contribution in [2.24, 2.45) is 0 Å². The number of rotatable bonds is 5. The van der Waals surface area contributed by atoms with E-state index < -0.39 is 16.0 Å². The first-order chi connectivity index (χ1) is 11.3. The van der Waals surface area contributed by atoms with E-state index in [0.717, 1.165) is 5.56 Å². The van der Waals surface area contributed by atoms with Crippen LogP contribution in [-0.4, -0.2) is 28.6 Å². The minimum atomic E-state index is -3.80. The van der Waals surface area contributed by atoms with E-state index in [1.54, 1.807) is 38.1 Å². The number of hydrogen-bond acceptors (Lipinski definition) is 5. The SMILES string of the molecule is COC(=O)c1cccc(NS(=O)(=O)c2ccc(OC)c(C)c2C)c1. The molecule has 0 bridgehead atoms. The third-order valence-electron chi connectivity index (χ3n) is 3.73. The van der Waals surface area contributed by atoms with Crippen LogP contribution in [-0.2, 0) is 14.8 Å². The van der Waals surface area contributed by atoms with E-state index in [9.17, 15) is 13.2 Å². The minimum absolute atomic E-state index is 0.157. The number of sulfonamides is 1. The highest BCUT2D eigenvalue weighted by Gasteiger charge is 2.20. The summed E-state index contributed by atoms with van der Waals surface area (Å²) in [5.41, 5.74) is 1.90. The normalized spacial score (nSPS) is 11.0. The maximum absolute atomic E-state index is 12.7.